The van der Waals surface area contributed by atoms with Crippen molar-refractivity contribution in [1.29, 1.82) is 0 Å². The van der Waals surface area contributed by atoms with Crippen molar-refractivity contribution >= 4 is 57.3 Å². The monoisotopic (exact) mass is 556 g/mol. The van der Waals surface area contributed by atoms with Gasteiger partial charge >= 0.3 is 0 Å². The number of amides is 1. The van der Waals surface area contributed by atoms with Gasteiger partial charge in [0.25, 0.3) is 0 Å². The van der Waals surface area contributed by atoms with Gasteiger partial charge in [0, 0.05) is 38.2 Å². The van der Waals surface area contributed by atoms with E-state index in [9.17, 15) is 13.2 Å². The van der Waals surface area contributed by atoms with E-state index in [2.05, 4.69) is 10.3 Å². The van der Waals surface area contributed by atoms with Crippen molar-refractivity contribution in [2.24, 2.45) is 4.99 Å². The Morgan fingerprint density at radius 3 is 2.34 bits per heavy atom. The van der Waals surface area contributed by atoms with E-state index in [0.717, 1.165) is 5.56 Å². The normalized spacial score (nSPS) is 15.9. The van der Waals surface area contributed by atoms with E-state index >= 15 is 0 Å². The number of piperazine rings is 1. The highest BCUT2D eigenvalue weighted by Crippen LogP contribution is 2.16. The van der Waals surface area contributed by atoms with Crippen LogP contribution in [0.3, 0.4) is 0 Å². The summed E-state index contributed by atoms with van der Waals surface area (Å²) in [5.74, 6) is 0.565. The van der Waals surface area contributed by atoms with Gasteiger partial charge in [-0.15, -0.1) is 24.0 Å². The van der Waals surface area contributed by atoms with E-state index in [0.29, 0.717) is 30.6 Å². The zero-order valence-electron chi connectivity index (χ0n) is 17.3. The maximum Gasteiger partial charge on any atom is 0.242 e. The van der Waals surface area contributed by atoms with Crippen molar-refractivity contribution in [3.63, 3.8) is 0 Å². The minimum Gasteiger partial charge on any atom is -0.355 e. The number of nitrogens with zero attached hydrogens (tertiary/aromatic N) is 3. The maximum absolute atomic E-state index is 12.5. The molecule has 0 bridgehead atoms. The van der Waals surface area contributed by atoms with Crippen molar-refractivity contribution < 1.29 is 13.2 Å². The van der Waals surface area contributed by atoms with Gasteiger partial charge in [-0.25, -0.2) is 8.42 Å². The van der Waals surface area contributed by atoms with Crippen LogP contribution >= 0.6 is 35.6 Å². The molecule has 0 aromatic heterocycles. The molecule has 7 nitrogen and oxygen atoms in total. The summed E-state index contributed by atoms with van der Waals surface area (Å²) < 4.78 is 23.7. The SMILES string of the molecule is CN=C(NCCS(=O)(=O)C(C)(C)C)N1CCN(Cc2ccc(Cl)cc2)C(=O)C1.I. The molecule has 1 saturated heterocycles. The number of benzene rings is 1. The standard InChI is InChI=1S/C19H29ClN4O3S.HI/c1-19(2,3)28(26,27)12-9-22-18(21-4)24-11-10-23(17(25)14-24)13-15-5-7-16(20)8-6-15;/h5-8H,9-14H2,1-4H3,(H,21,22);1H. The van der Waals surface area contributed by atoms with Crippen LogP contribution in [0, 0.1) is 0 Å². The number of carbonyl (C=O) groups excluding carboxylic acids is 1. The van der Waals surface area contributed by atoms with Crippen molar-refractivity contribution in [2.45, 2.75) is 32.1 Å². The van der Waals surface area contributed by atoms with Gasteiger partial charge in [0.15, 0.2) is 15.8 Å². The number of hydrogen-bond donors (Lipinski definition) is 1. The Hall–Kier alpha value is -1.07. The summed E-state index contributed by atoms with van der Waals surface area (Å²) in [6, 6.07) is 7.46. The van der Waals surface area contributed by atoms with Crippen LogP contribution in [0.4, 0.5) is 0 Å². The highest BCUT2D eigenvalue weighted by atomic mass is 127. The lowest BCUT2D eigenvalue weighted by molar-refractivity contribution is -0.135. The van der Waals surface area contributed by atoms with Crippen LogP contribution < -0.4 is 5.32 Å². The van der Waals surface area contributed by atoms with Gasteiger partial charge in [0.2, 0.25) is 5.91 Å². The zero-order valence-corrected chi connectivity index (χ0v) is 21.2. The van der Waals surface area contributed by atoms with Crippen LogP contribution in [-0.2, 0) is 21.2 Å². The van der Waals surface area contributed by atoms with Crippen molar-refractivity contribution in [3.8, 4) is 0 Å². The van der Waals surface area contributed by atoms with Crippen molar-refractivity contribution in [2.75, 3.05) is 39.0 Å². The molecule has 1 amide bonds. The van der Waals surface area contributed by atoms with Crippen molar-refractivity contribution in [1.82, 2.24) is 15.1 Å². The second-order valence-corrected chi connectivity index (χ2v) is 11.1. The molecule has 1 aliphatic rings. The second-order valence-electron chi connectivity index (χ2n) is 7.77. The molecule has 1 N–H and O–H groups in total. The van der Waals surface area contributed by atoms with Gasteiger partial charge in [-0.2, -0.15) is 0 Å². The van der Waals surface area contributed by atoms with Gasteiger partial charge in [0.05, 0.1) is 17.0 Å². The molecule has 1 aliphatic heterocycles. The summed E-state index contributed by atoms with van der Waals surface area (Å²) in [5.41, 5.74) is 1.03. The minimum absolute atomic E-state index is 0. The Morgan fingerprint density at radius 1 is 1.21 bits per heavy atom. The first-order valence-corrected chi connectivity index (χ1v) is 11.3. The molecule has 1 aromatic rings. The summed E-state index contributed by atoms with van der Waals surface area (Å²) in [6.45, 7) is 7.28. The third-order valence-corrected chi connectivity index (χ3v) is 7.56. The third-order valence-electron chi connectivity index (χ3n) is 4.70. The summed E-state index contributed by atoms with van der Waals surface area (Å²) in [6.07, 6.45) is 0. The molecule has 2 rings (SSSR count). The number of guanidine groups is 1. The third kappa shape index (κ3) is 7.29. The molecule has 0 radical (unpaired) electrons. The fourth-order valence-corrected chi connectivity index (χ4v) is 3.91. The van der Waals surface area contributed by atoms with Crippen LogP contribution in [0.25, 0.3) is 0 Å². The number of hydrogen-bond acceptors (Lipinski definition) is 4. The molecule has 1 fully saturated rings. The first kappa shape index (κ1) is 26.0. The minimum atomic E-state index is -3.21. The fourth-order valence-electron chi connectivity index (χ4n) is 2.80. The number of halogens is 2. The van der Waals surface area contributed by atoms with E-state index in [1.807, 2.05) is 29.2 Å². The van der Waals surface area contributed by atoms with Gasteiger partial charge in [0.1, 0.15) is 0 Å². The summed E-state index contributed by atoms with van der Waals surface area (Å²) in [7, 11) is -1.58. The van der Waals surface area contributed by atoms with Gasteiger partial charge in [-0.1, -0.05) is 23.7 Å². The first-order chi connectivity index (χ1) is 13.0. The first-order valence-electron chi connectivity index (χ1n) is 9.23. The average molecular weight is 557 g/mol. The molecule has 164 valence electrons. The Bertz CT molecular complexity index is 823. The number of nitrogens with one attached hydrogen (secondary N) is 1. The van der Waals surface area contributed by atoms with Crippen LogP contribution in [-0.4, -0.2) is 73.8 Å². The Labute approximate surface area is 195 Å². The smallest absolute Gasteiger partial charge is 0.242 e. The predicted molar refractivity (Wildman–Crippen MR) is 129 cm³/mol. The quantitative estimate of drug-likeness (QED) is 0.342. The fraction of sp³-hybridized carbons (Fsp3) is 0.579. The summed E-state index contributed by atoms with van der Waals surface area (Å²) in [4.78, 5) is 20.4. The van der Waals surface area contributed by atoms with E-state index < -0.39 is 14.6 Å². The molecule has 0 aliphatic carbocycles. The lowest BCUT2D eigenvalue weighted by Gasteiger charge is -2.36. The Balaban J connectivity index is 0.00000420. The number of carbonyl (C=O) groups is 1. The highest BCUT2D eigenvalue weighted by Gasteiger charge is 2.29. The van der Waals surface area contributed by atoms with Gasteiger partial charge < -0.3 is 15.1 Å². The number of sulfone groups is 1. The lowest BCUT2D eigenvalue weighted by Crippen LogP contribution is -2.55. The largest absolute Gasteiger partial charge is 0.355 e. The zero-order chi connectivity index (χ0) is 20.9. The lowest BCUT2D eigenvalue weighted by atomic mass is 10.2. The predicted octanol–water partition coefficient (Wildman–Crippen LogP) is 2.39. The van der Waals surface area contributed by atoms with Crippen molar-refractivity contribution in [3.05, 3.63) is 34.9 Å². The molecule has 0 unspecified atom stereocenters. The van der Waals surface area contributed by atoms with Crippen LogP contribution in [0.5, 0.6) is 0 Å². The highest BCUT2D eigenvalue weighted by molar-refractivity contribution is 14.0. The topological polar surface area (TPSA) is 82.1 Å². The number of aliphatic imine (C=N–C) groups is 1. The number of rotatable bonds is 5. The molecule has 1 heterocycles. The average Bonchev–Trinajstić information content (AvgIpc) is 2.61. The van der Waals surface area contributed by atoms with Gasteiger partial charge in [-0.3, -0.25) is 9.79 Å². The maximum atomic E-state index is 12.5. The molecule has 10 heteroatoms. The van der Waals surface area contributed by atoms with E-state index in [-0.39, 0.29) is 48.7 Å². The van der Waals surface area contributed by atoms with E-state index in [1.54, 1.807) is 32.7 Å². The summed E-state index contributed by atoms with van der Waals surface area (Å²) in [5, 5.41) is 3.74. The molecular weight excluding hydrogens is 527 g/mol. The van der Waals surface area contributed by atoms with Crippen LogP contribution in [0.2, 0.25) is 5.02 Å². The molecule has 1 aromatic carbocycles. The molecule has 0 atom stereocenters. The van der Waals surface area contributed by atoms with Crippen LogP contribution in [0.1, 0.15) is 26.3 Å². The molecule has 29 heavy (non-hydrogen) atoms. The summed E-state index contributed by atoms with van der Waals surface area (Å²) >= 11 is 5.90. The molecule has 0 saturated carbocycles. The molecular formula is C19H30ClIN4O3S. The Morgan fingerprint density at radius 2 is 1.83 bits per heavy atom. The Kier molecular flexibility index (Phi) is 9.68. The van der Waals surface area contributed by atoms with Crippen LogP contribution in [0.15, 0.2) is 29.3 Å². The second kappa shape index (κ2) is 10.8. The molecule has 0 spiro atoms. The van der Waals surface area contributed by atoms with E-state index in [1.165, 1.54) is 0 Å². The van der Waals surface area contributed by atoms with E-state index in [4.69, 9.17) is 11.6 Å². The van der Waals surface area contributed by atoms with Gasteiger partial charge in [-0.05, 0) is 38.5 Å².